The fraction of sp³-hybridized carbons (Fsp3) is 0.400. The third kappa shape index (κ3) is 6.39. The number of carbonyl (C=O) groups excluding carboxylic acids is 1. The van der Waals surface area contributed by atoms with Gasteiger partial charge in [0.05, 0.1) is 0 Å². The molecule has 0 unspecified atom stereocenters. The Hall–Kier alpha value is -3.48. The van der Waals surface area contributed by atoms with Crippen LogP contribution in [0.4, 0.5) is 4.39 Å². The Morgan fingerprint density at radius 2 is 1.78 bits per heavy atom. The number of rotatable bonds is 7. The molecule has 5 rings (SSSR count). The Labute approximate surface area is 244 Å². The molecular weight excluding hydrogens is 511 g/mol. The van der Waals surface area contributed by atoms with Crippen molar-refractivity contribution in [3.8, 4) is 11.1 Å². The van der Waals surface area contributed by atoms with E-state index in [-0.39, 0.29) is 11.7 Å². The number of allylic oxidation sites excluding steroid dienone is 3. The smallest absolute Gasteiger partial charge is 0.254 e. The Balaban J connectivity index is 1.34. The van der Waals surface area contributed by atoms with E-state index in [2.05, 4.69) is 41.6 Å². The van der Waals surface area contributed by atoms with Crippen LogP contribution in [-0.4, -0.2) is 65.9 Å². The minimum atomic E-state index is -0.212. The van der Waals surface area contributed by atoms with Gasteiger partial charge in [0.2, 0.25) is 0 Å². The summed E-state index contributed by atoms with van der Waals surface area (Å²) >= 11 is 0. The average molecular weight is 555 g/mol. The van der Waals surface area contributed by atoms with E-state index in [1.807, 2.05) is 60.5 Å². The molecule has 2 aromatic carbocycles. The summed E-state index contributed by atoms with van der Waals surface area (Å²) in [4.78, 5) is 20.0. The number of hydrogen-bond acceptors (Lipinski definition) is 4. The van der Waals surface area contributed by atoms with Crippen molar-refractivity contribution in [3.63, 3.8) is 0 Å². The van der Waals surface area contributed by atoms with Gasteiger partial charge in [-0.2, -0.15) is 0 Å². The van der Waals surface area contributed by atoms with E-state index in [9.17, 15) is 4.79 Å². The van der Waals surface area contributed by atoms with Gasteiger partial charge in [0.15, 0.2) is 0 Å². The van der Waals surface area contributed by atoms with Crippen molar-refractivity contribution in [1.29, 1.82) is 0 Å². The number of benzene rings is 2. The van der Waals surface area contributed by atoms with E-state index in [4.69, 9.17) is 0 Å². The van der Waals surface area contributed by atoms with Crippen molar-refractivity contribution in [2.75, 3.05) is 39.3 Å². The van der Waals surface area contributed by atoms with Crippen molar-refractivity contribution in [2.24, 2.45) is 0 Å². The lowest BCUT2D eigenvalue weighted by Gasteiger charge is -2.41. The summed E-state index contributed by atoms with van der Waals surface area (Å²) in [6.45, 7) is 16.0. The molecule has 0 atom stereocenters. The number of hydrogen-bond donors (Lipinski definition) is 1. The molecule has 41 heavy (non-hydrogen) atoms. The summed E-state index contributed by atoms with van der Waals surface area (Å²) in [6.07, 6.45) is 9.94. The molecule has 216 valence electrons. The lowest BCUT2D eigenvalue weighted by molar-refractivity contribution is -0.128. The number of piperidine rings is 1. The van der Waals surface area contributed by atoms with Crippen molar-refractivity contribution >= 4 is 11.5 Å². The van der Waals surface area contributed by atoms with Crippen LogP contribution in [0.2, 0.25) is 0 Å². The number of amides is 1. The maximum absolute atomic E-state index is 15.1. The van der Waals surface area contributed by atoms with Crippen LogP contribution in [0.5, 0.6) is 0 Å². The van der Waals surface area contributed by atoms with Crippen LogP contribution in [0.3, 0.4) is 0 Å². The molecule has 0 spiro atoms. The highest BCUT2D eigenvalue weighted by molar-refractivity contribution is 5.97. The van der Waals surface area contributed by atoms with Crippen LogP contribution < -0.4 is 5.32 Å². The van der Waals surface area contributed by atoms with Gasteiger partial charge in [-0.1, -0.05) is 56.3 Å². The monoisotopic (exact) mass is 554 g/mol. The van der Waals surface area contributed by atoms with Crippen molar-refractivity contribution in [3.05, 3.63) is 101 Å². The molecule has 3 heterocycles. The predicted octanol–water partition coefficient (Wildman–Crippen LogP) is 6.50. The number of carbonyl (C=O) groups is 1. The molecule has 0 radical (unpaired) electrons. The normalized spacial score (nSPS) is 19.3. The minimum absolute atomic E-state index is 0.0719. The maximum Gasteiger partial charge on any atom is 0.254 e. The molecule has 1 amide bonds. The second-order valence-electron chi connectivity index (χ2n) is 11.4. The zero-order valence-corrected chi connectivity index (χ0v) is 24.8. The first-order valence-electron chi connectivity index (χ1n) is 15.0. The zero-order chi connectivity index (χ0) is 28.9. The molecule has 0 aromatic heterocycles. The van der Waals surface area contributed by atoms with E-state index in [0.29, 0.717) is 17.2 Å². The lowest BCUT2D eigenvalue weighted by Crippen LogP contribution is -2.54. The fourth-order valence-corrected chi connectivity index (χ4v) is 6.38. The summed E-state index contributed by atoms with van der Waals surface area (Å²) in [7, 11) is 0. The number of piperazine rings is 1. The highest BCUT2D eigenvalue weighted by atomic mass is 19.1. The van der Waals surface area contributed by atoms with Gasteiger partial charge in [-0.05, 0) is 86.7 Å². The summed E-state index contributed by atoms with van der Waals surface area (Å²) in [6, 6.07) is 14.1. The van der Waals surface area contributed by atoms with E-state index >= 15 is 4.39 Å². The van der Waals surface area contributed by atoms with Gasteiger partial charge in [-0.3, -0.25) is 9.69 Å². The minimum Gasteiger partial charge on any atom is -0.336 e. The van der Waals surface area contributed by atoms with Gasteiger partial charge in [-0.15, -0.1) is 0 Å². The van der Waals surface area contributed by atoms with Gasteiger partial charge in [0.1, 0.15) is 5.82 Å². The van der Waals surface area contributed by atoms with Crippen LogP contribution in [0, 0.1) is 12.7 Å². The first-order valence-corrected chi connectivity index (χ1v) is 15.0. The number of nitrogens with one attached hydrogen (secondary N) is 1. The largest absolute Gasteiger partial charge is 0.336 e. The fourth-order valence-electron chi connectivity index (χ4n) is 6.38. The molecule has 6 heteroatoms. The molecule has 5 nitrogen and oxygen atoms in total. The highest BCUT2D eigenvalue weighted by Crippen LogP contribution is 2.37. The SMILES string of the molecule is C=C1C=C(C(=O)N2CCN(C3CCNCC3)CC2)C=CN1/C(C)=C(\CCC)c1ccccc1-c1ccc(C)cc1F. The second-order valence-corrected chi connectivity index (χ2v) is 11.4. The number of halogens is 1. The molecule has 2 fully saturated rings. The van der Waals surface area contributed by atoms with Crippen LogP contribution in [0.15, 0.2) is 84.4 Å². The molecule has 0 saturated carbocycles. The Bertz CT molecular complexity index is 1380. The zero-order valence-electron chi connectivity index (χ0n) is 24.8. The van der Waals surface area contributed by atoms with Crippen molar-refractivity contribution < 1.29 is 9.18 Å². The maximum atomic E-state index is 15.1. The Kier molecular flexibility index (Phi) is 9.21. The van der Waals surface area contributed by atoms with Gasteiger partial charge < -0.3 is 15.1 Å². The summed E-state index contributed by atoms with van der Waals surface area (Å²) in [5.74, 6) is -0.140. The second kappa shape index (κ2) is 13.0. The molecule has 2 saturated heterocycles. The molecule has 0 bridgehead atoms. The third-order valence-electron chi connectivity index (χ3n) is 8.67. The number of nitrogens with zero attached hydrogens (tertiary/aromatic N) is 3. The van der Waals surface area contributed by atoms with Gasteiger partial charge in [0, 0.05) is 61.0 Å². The van der Waals surface area contributed by atoms with Crippen LogP contribution in [-0.2, 0) is 4.79 Å². The molecular formula is C35H43FN4O. The van der Waals surface area contributed by atoms with E-state index in [0.717, 1.165) is 85.8 Å². The highest BCUT2D eigenvalue weighted by Gasteiger charge is 2.29. The molecule has 0 aliphatic carbocycles. The molecule has 2 aromatic rings. The van der Waals surface area contributed by atoms with E-state index in [1.54, 1.807) is 6.07 Å². The van der Waals surface area contributed by atoms with Crippen LogP contribution in [0.25, 0.3) is 16.7 Å². The van der Waals surface area contributed by atoms with Gasteiger partial charge >= 0.3 is 0 Å². The lowest BCUT2D eigenvalue weighted by atomic mass is 9.90. The Morgan fingerprint density at radius 1 is 1.05 bits per heavy atom. The van der Waals surface area contributed by atoms with Crippen molar-refractivity contribution in [2.45, 2.75) is 52.5 Å². The quantitative estimate of drug-likeness (QED) is 0.424. The number of aryl methyl sites for hydroxylation is 1. The van der Waals surface area contributed by atoms with E-state index in [1.165, 1.54) is 12.8 Å². The topological polar surface area (TPSA) is 38.8 Å². The summed E-state index contributed by atoms with van der Waals surface area (Å²) in [5, 5.41) is 3.44. The predicted molar refractivity (Wildman–Crippen MR) is 166 cm³/mol. The molecule has 1 N–H and O–H groups in total. The first kappa shape index (κ1) is 29.0. The molecule has 3 aliphatic rings. The summed E-state index contributed by atoms with van der Waals surface area (Å²) < 4.78 is 15.1. The summed E-state index contributed by atoms with van der Waals surface area (Å²) in [5.41, 5.74) is 7.02. The standard InChI is InChI=1S/C35H43FN4O/c1-5-8-30(31-9-6-7-10-32(31)33-12-11-25(2)23-34(33)36)27(4)40-18-15-28(24-26(40)3)35(41)39-21-19-38(20-22-39)29-13-16-37-17-14-29/h6-7,9-12,15,18,23-24,29,37H,3,5,8,13-14,16-17,19-22H2,1-2,4H3/b30-27+. The van der Waals surface area contributed by atoms with Gasteiger partial charge in [-0.25, -0.2) is 4.39 Å². The Morgan fingerprint density at radius 3 is 2.46 bits per heavy atom. The average Bonchev–Trinajstić information content (AvgIpc) is 3.00. The van der Waals surface area contributed by atoms with Gasteiger partial charge in [0.25, 0.3) is 5.91 Å². The van der Waals surface area contributed by atoms with Crippen LogP contribution in [0.1, 0.15) is 50.7 Å². The van der Waals surface area contributed by atoms with Crippen molar-refractivity contribution in [1.82, 2.24) is 20.0 Å². The third-order valence-corrected chi connectivity index (χ3v) is 8.67. The molecule has 3 aliphatic heterocycles. The first-order chi connectivity index (χ1) is 19.9. The van der Waals surface area contributed by atoms with Crippen LogP contribution >= 0.6 is 0 Å². The van der Waals surface area contributed by atoms with E-state index < -0.39 is 0 Å².